The van der Waals surface area contributed by atoms with Crippen LogP contribution in [-0.2, 0) is 11.0 Å². The lowest BCUT2D eigenvalue weighted by molar-refractivity contribution is -0.137. The van der Waals surface area contributed by atoms with Crippen molar-refractivity contribution in [2.75, 3.05) is 31.9 Å². The first-order valence-corrected chi connectivity index (χ1v) is 10.6. The van der Waals surface area contributed by atoms with Gasteiger partial charge in [0.2, 0.25) is 11.9 Å². The Hall–Kier alpha value is -2.68. The Kier molecular flexibility index (Phi) is 6.13. The molecule has 0 saturated carbocycles. The largest absolute Gasteiger partial charge is 0.416 e. The Morgan fingerprint density at radius 3 is 2.61 bits per heavy atom. The smallest absolute Gasteiger partial charge is 0.368 e. The third kappa shape index (κ3) is 4.81. The monoisotopic (exact) mass is 433 g/mol. The molecule has 2 aliphatic heterocycles. The number of carbonyl (C=O) groups is 1. The Labute approximate surface area is 179 Å². The van der Waals surface area contributed by atoms with E-state index in [9.17, 15) is 18.0 Å². The first-order chi connectivity index (χ1) is 14.8. The number of nitrogens with two attached hydrogens (primary N) is 1. The minimum atomic E-state index is -4.45. The van der Waals surface area contributed by atoms with Gasteiger partial charge in [-0.2, -0.15) is 13.2 Å². The van der Waals surface area contributed by atoms with Gasteiger partial charge in [-0.3, -0.25) is 9.69 Å². The van der Waals surface area contributed by atoms with E-state index in [1.165, 1.54) is 12.3 Å². The molecule has 0 bridgehead atoms. The van der Waals surface area contributed by atoms with Gasteiger partial charge in [0.25, 0.3) is 0 Å². The Morgan fingerprint density at radius 1 is 1.13 bits per heavy atom. The number of carbonyl (C=O) groups excluding carboxylic acids is 1. The molecule has 3 heterocycles. The van der Waals surface area contributed by atoms with Crippen molar-refractivity contribution in [1.29, 1.82) is 0 Å². The van der Waals surface area contributed by atoms with Crippen molar-refractivity contribution in [3.63, 3.8) is 0 Å². The summed E-state index contributed by atoms with van der Waals surface area (Å²) in [6, 6.07) is 4.77. The van der Waals surface area contributed by atoms with E-state index in [0.717, 1.165) is 50.9 Å². The van der Waals surface area contributed by atoms with Crippen LogP contribution < -0.4 is 5.73 Å². The average molecular weight is 433 g/mol. The summed E-state index contributed by atoms with van der Waals surface area (Å²) in [5.41, 5.74) is 6.47. The number of alkyl halides is 3. The molecule has 2 aliphatic rings. The first-order valence-electron chi connectivity index (χ1n) is 10.6. The summed E-state index contributed by atoms with van der Waals surface area (Å²) in [5.74, 6) is 0.0713. The van der Waals surface area contributed by atoms with Crippen molar-refractivity contribution < 1.29 is 18.0 Å². The number of aromatic nitrogens is 2. The zero-order valence-electron chi connectivity index (χ0n) is 17.2. The minimum Gasteiger partial charge on any atom is -0.368 e. The third-order valence-corrected chi connectivity index (χ3v) is 6.03. The molecule has 6 nitrogen and oxygen atoms in total. The molecule has 1 atom stereocenters. The predicted molar refractivity (Wildman–Crippen MR) is 111 cm³/mol. The van der Waals surface area contributed by atoms with Crippen LogP contribution in [0.1, 0.15) is 49.4 Å². The fourth-order valence-corrected chi connectivity index (χ4v) is 4.49. The van der Waals surface area contributed by atoms with Crippen LogP contribution in [0.2, 0.25) is 0 Å². The molecule has 0 aliphatic carbocycles. The topological polar surface area (TPSA) is 75.3 Å². The summed E-state index contributed by atoms with van der Waals surface area (Å²) in [5, 5.41) is 0. The quantitative estimate of drug-likeness (QED) is 0.792. The number of nitrogens with zero attached hydrogens (tertiary/aromatic N) is 4. The summed E-state index contributed by atoms with van der Waals surface area (Å²) >= 11 is 0. The fraction of sp³-hybridized carbons (Fsp3) is 0.500. The Balaban J connectivity index is 1.69. The van der Waals surface area contributed by atoms with Crippen LogP contribution in [0, 0.1) is 0 Å². The number of halogens is 3. The molecule has 1 aromatic carbocycles. The summed E-state index contributed by atoms with van der Waals surface area (Å²) < 4.78 is 39.8. The zero-order chi connectivity index (χ0) is 22.0. The van der Waals surface area contributed by atoms with Gasteiger partial charge in [-0.25, -0.2) is 9.97 Å². The molecule has 9 heteroatoms. The van der Waals surface area contributed by atoms with Gasteiger partial charge in [0.05, 0.1) is 23.8 Å². The van der Waals surface area contributed by atoms with E-state index < -0.39 is 11.7 Å². The first kappa shape index (κ1) is 21.5. The number of benzene rings is 1. The maximum absolute atomic E-state index is 13.3. The second kappa shape index (κ2) is 8.82. The van der Waals surface area contributed by atoms with Crippen molar-refractivity contribution in [2.45, 2.75) is 44.3 Å². The van der Waals surface area contributed by atoms with Gasteiger partial charge in [-0.1, -0.05) is 12.1 Å². The van der Waals surface area contributed by atoms with Crippen molar-refractivity contribution >= 4 is 11.9 Å². The van der Waals surface area contributed by atoms with Crippen molar-refractivity contribution in [3.05, 3.63) is 41.7 Å². The summed E-state index contributed by atoms with van der Waals surface area (Å²) in [4.78, 5) is 25.5. The molecule has 0 radical (unpaired) electrons. The number of hydrogen-bond donors (Lipinski definition) is 1. The van der Waals surface area contributed by atoms with E-state index >= 15 is 0 Å². The molecule has 4 rings (SSSR count). The molecule has 2 aromatic rings. The molecule has 1 aromatic heterocycles. The number of anilines is 1. The number of piperidine rings is 1. The Bertz CT molecular complexity index is 943. The summed E-state index contributed by atoms with van der Waals surface area (Å²) in [6.07, 6.45) is 1.69. The standard InChI is InChI=1S/C22H26F3N5O/c23-22(24,25)16-7-5-6-15(12-16)17-13-27-21(26)28-20(17)18-8-1-2-11-30(18)19(31)14-29-9-3-4-10-29/h5-7,12-13,18H,1-4,8-11,14H2,(H2,26,27,28)/t18-/m0/s1. The molecule has 0 unspecified atom stereocenters. The van der Waals surface area contributed by atoms with E-state index in [1.807, 2.05) is 4.90 Å². The van der Waals surface area contributed by atoms with E-state index in [0.29, 0.717) is 36.3 Å². The highest BCUT2D eigenvalue weighted by Crippen LogP contribution is 2.38. The molecular formula is C22H26F3N5O. The molecule has 2 saturated heterocycles. The maximum atomic E-state index is 13.3. The van der Waals surface area contributed by atoms with E-state index in [4.69, 9.17) is 5.73 Å². The highest BCUT2D eigenvalue weighted by Gasteiger charge is 2.34. The van der Waals surface area contributed by atoms with Crippen molar-refractivity contribution in [1.82, 2.24) is 19.8 Å². The van der Waals surface area contributed by atoms with Crippen LogP contribution in [0.25, 0.3) is 11.1 Å². The van der Waals surface area contributed by atoms with Crippen molar-refractivity contribution in [2.24, 2.45) is 0 Å². The van der Waals surface area contributed by atoms with Crippen LogP contribution in [0.15, 0.2) is 30.5 Å². The molecule has 0 spiro atoms. The van der Waals surface area contributed by atoms with Gasteiger partial charge >= 0.3 is 6.18 Å². The van der Waals surface area contributed by atoms with Gasteiger partial charge in [-0.15, -0.1) is 0 Å². The predicted octanol–water partition coefficient (Wildman–Crippen LogP) is 3.89. The lowest BCUT2D eigenvalue weighted by Crippen LogP contribution is -2.44. The van der Waals surface area contributed by atoms with E-state index in [2.05, 4.69) is 14.9 Å². The highest BCUT2D eigenvalue weighted by atomic mass is 19.4. The number of nitrogen functional groups attached to an aromatic ring is 1. The fourth-order valence-electron chi connectivity index (χ4n) is 4.49. The van der Waals surface area contributed by atoms with Gasteiger partial charge in [-0.05, 0) is 62.9 Å². The van der Waals surface area contributed by atoms with Crippen LogP contribution >= 0.6 is 0 Å². The lowest BCUT2D eigenvalue weighted by Gasteiger charge is -2.37. The van der Waals surface area contributed by atoms with Gasteiger partial charge < -0.3 is 10.6 Å². The van der Waals surface area contributed by atoms with Gasteiger partial charge in [0.15, 0.2) is 0 Å². The molecule has 1 amide bonds. The van der Waals surface area contributed by atoms with Gasteiger partial charge in [0, 0.05) is 18.3 Å². The number of amides is 1. The third-order valence-electron chi connectivity index (χ3n) is 6.03. The van der Waals surface area contributed by atoms with Crippen LogP contribution in [0.4, 0.5) is 19.1 Å². The molecule has 166 valence electrons. The molecular weight excluding hydrogens is 407 g/mol. The summed E-state index contributed by atoms with van der Waals surface area (Å²) in [7, 11) is 0. The lowest BCUT2D eigenvalue weighted by atomic mass is 9.93. The summed E-state index contributed by atoms with van der Waals surface area (Å²) in [6.45, 7) is 2.79. The zero-order valence-corrected chi connectivity index (χ0v) is 17.2. The van der Waals surface area contributed by atoms with Crippen LogP contribution in [0.3, 0.4) is 0 Å². The molecule has 2 fully saturated rings. The second-order valence-electron chi connectivity index (χ2n) is 8.19. The van der Waals surface area contributed by atoms with Crippen molar-refractivity contribution in [3.8, 4) is 11.1 Å². The maximum Gasteiger partial charge on any atom is 0.416 e. The second-order valence-corrected chi connectivity index (χ2v) is 8.19. The molecule has 31 heavy (non-hydrogen) atoms. The van der Waals surface area contributed by atoms with E-state index in [-0.39, 0.29) is 17.9 Å². The highest BCUT2D eigenvalue weighted by molar-refractivity contribution is 5.79. The minimum absolute atomic E-state index is 0.0266. The van der Waals surface area contributed by atoms with Gasteiger partial charge in [0.1, 0.15) is 0 Å². The number of hydrogen-bond acceptors (Lipinski definition) is 5. The Morgan fingerprint density at radius 2 is 1.87 bits per heavy atom. The van der Waals surface area contributed by atoms with Crippen LogP contribution in [-0.4, -0.2) is 51.9 Å². The van der Waals surface area contributed by atoms with Crippen LogP contribution in [0.5, 0.6) is 0 Å². The average Bonchev–Trinajstić information content (AvgIpc) is 3.26. The SMILES string of the molecule is Nc1ncc(-c2cccc(C(F)(F)F)c2)c([C@@H]2CCCCN2C(=O)CN2CCCC2)n1. The number of likely N-dealkylation sites (tertiary alicyclic amines) is 2. The van der Waals surface area contributed by atoms with E-state index in [1.54, 1.807) is 6.07 Å². The normalized spacial score (nSPS) is 20.2. The number of rotatable bonds is 4. The molecule has 2 N–H and O–H groups in total.